The van der Waals surface area contributed by atoms with Crippen LogP contribution in [0.25, 0.3) is 0 Å². The zero-order valence-electron chi connectivity index (χ0n) is 15.3. The van der Waals surface area contributed by atoms with E-state index in [1.54, 1.807) is 0 Å². The van der Waals surface area contributed by atoms with Gasteiger partial charge in [0.05, 0.1) is 13.2 Å². The predicted molar refractivity (Wildman–Crippen MR) is 95.6 cm³/mol. The molecule has 164 valence electrons. The number of carbonyl (C=O) groups excluding carboxylic acids is 1. The molecule has 1 aromatic carbocycles. The number of phenols is 2. The molecule has 1 aliphatic heterocycles. The van der Waals surface area contributed by atoms with Gasteiger partial charge in [-0.15, -0.1) is 0 Å². The Morgan fingerprint density at radius 2 is 1.90 bits per heavy atom. The van der Waals surface area contributed by atoms with Crippen molar-refractivity contribution in [3.05, 3.63) is 23.8 Å². The highest BCUT2D eigenvalue weighted by Gasteiger charge is 2.51. The van der Waals surface area contributed by atoms with Crippen molar-refractivity contribution in [2.24, 2.45) is 0 Å². The lowest BCUT2D eigenvalue weighted by molar-refractivity contribution is -0.262. The molecule has 1 saturated heterocycles. The van der Waals surface area contributed by atoms with Gasteiger partial charge >= 0.3 is 7.60 Å². The lowest BCUT2D eigenvalue weighted by Gasteiger charge is -2.45. The largest absolute Gasteiger partial charge is 0.508 e. The van der Waals surface area contributed by atoms with Crippen LogP contribution in [-0.2, 0) is 18.6 Å². The van der Waals surface area contributed by atoms with Crippen molar-refractivity contribution < 1.29 is 54.2 Å². The third kappa shape index (κ3) is 4.71. The highest BCUT2D eigenvalue weighted by molar-refractivity contribution is 7.53. The molecule has 0 saturated carbocycles. The van der Waals surface area contributed by atoms with E-state index in [0.29, 0.717) is 4.90 Å². The van der Waals surface area contributed by atoms with Crippen LogP contribution in [0.4, 0.5) is 0 Å². The minimum absolute atomic E-state index is 0.0333. The van der Waals surface area contributed by atoms with Crippen molar-refractivity contribution in [1.82, 2.24) is 4.90 Å². The van der Waals surface area contributed by atoms with E-state index in [9.17, 15) is 44.9 Å². The van der Waals surface area contributed by atoms with Crippen LogP contribution in [-0.4, -0.2) is 90.7 Å². The summed E-state index contributed by atoms with van der Waals surface area (Å²) in [5.74, 6) is -2.93. The first kappa shape index (κ1) is 23.5. The topological polar surface area (TPSA) is 197 Å². The molecule has 0 bridgehead atoms. The zero-order chi connectivity index (χ0) is 21.9. The third-order valence-electron chi connectivity index (χ3n) is 4.48. The van der Waals surface area contributed by atoms with Gasteiger partial charge in [0, 0.05) is 11.6 Å². The maximum absolute atomic E-state index is 12.9. The van der Waals surface area contributed by atoms with Gasteiger partial charge < -0.3 is 44.8 Å². The van der Waals surface area contributed by atoms with Crippen LogP contribution in [0.5, 0.6) is 11.5 Å². The van der Waals surface area contributed by atoms with Crippen LogP contribution in [0.2, 0.25) is 0 Å². The van der Waals surface area contributed by atoms with Gasteiger partial charge in [-0.3, -0.25) is 14.3 Å². The molecule has 1 heterocycles. The Bertz CT molecular complexity index is 760. The number of benzene rings is 1. The predicted octanol–water partition coefficient (Wildman–Crippen LogP) is -1.42. The van der Waals surface area contributed by atoms with Crippen molar-refractivity contribution in [3.8, 4) is 11.5 Å². The van der Waals surface area contributed by atoms with Gasteiger partial charge in [-0.2, -0.15) is 0 Å². The number of phenolic OH excluding ortho intramolecular Hbond substituents is 2. The Balaban J connectivity index is 2.57. The zero-order valence-corrected chi connectivity index (χ0v) is 16.2. The Hall–Kier alpha value is -1.76. The SMILES string of the molecule is CCOP(=O)(O)C(c1ccc(O)cc1O)N(C=O)C1O[C@H](CO)[C@@H](O)[C@H](O)[C@H]1O. The Morgan fingerprint density at radius 3 is 2.41 bits per heavy atom. The fraction of sp³-hybridized carbons (Fsp3) is 0.562. The molecule has 13 heteroatoms. The summed E-state index contributed by atoms with van der Waals surface area (Å²) in [6, 6.07) is 3.02. The number of ether oxygens (including phenoxy) is 1. The second kappa shape index (κ2) is 9.37. The van der Waals surface area contributed by atoms with Crippen LogP contribution in [0.1, 0.15) is 18.3 Å². The van der Waals surface area contributed by atoms with Crippen LogP contribution in [0.3, 0.4) is 0 Å². The van der Waals surface area contributed by atoms with Crippen LogP contribution >= 0.6 is 7.60 Å². The van der Waals surface area contributed by atoms with E-state index < -0.39 is 56.4 Å². The molecule has 1 amide bonds. The van der Waals surface area contributed by atoms with E-state index >= 15 is 0 Å². The lowest BCUT2D eigenvalue weighted by atomic mass is 9.97. The average Bonchev–Trinajstić information content (AvgIpc) is 2.66. The molecule has 1 fully saturated rings. The molecule has 0 spiro atoms. The minimum atomic E-state index is -4.74. The lowest BCUT2D eigenvalue weighted by Crippen LogP contribution is -2.63. The molecule has 12 nitrogen and oxygen atoms in total. The molecule has 7 atom stereocenters. The van der Waals surface area contributed by atoms with Gasteiger partial charge in [0.1, 0.15) is 35.9 Å². The van der Waals surface area contributed by atoms with Crippen molar-refractivity contribution in [2.45, 2.75) is 43.4 Å². The molecule has 3 unspecified atom stereocenters. The number of carbonyl (C=O) groups is 1. The fourth-order valence-electron chi connectivity index (χ4n) is 3.10. The number of aliphatic hydroxyl groups excluding tert-OH is 4. The normalized spacial score (nSPS) is 30.3. The number of aromatic hydroxyl groups is 2. The molecule has 1 aromatic rings. The van der Waals surface area contributed by atoms with Crippen molar-refractivity contribution in [3.63, 3.8) is 0 Å². The molecule has 2 rings (SSSR count). The summed E-state index contributed by atoms with van der Waals surface area (Å²) in [6.45, 7) is 0.381. The number of amides is 1. The smallest absolute Gasteiger partial charge is 0.355 e. The first-order valence-electron chi connectivity index (χ1n) is 8.61. The first-order chi connectivity index (χ1) is 13.6. The summed E-state index contributed by atoms with van der Waals surface area (Å²) in [4.78, 5) is 22.8. The van der Waals surface area contributed by atoms with E-state index in [-0.39, 0.29) is 24.3 Å². The van der Waals surface area contributed by atoms with E-state index in [0.717, 1.165) is 18.2 Å². The summed E-state index contributed by atoms with van der Waals surface area (Å²) < 4.78 is 23.0. The van der Waals surface area contributed by atoms with E-state index in [1.807, 2.05) is 0 Å². The first-order valence-corrected chi connectivity index (χ1v) is 10.3. The van der Waals surface area contributed by atoms with E-state index in [1.165, 1.54) is 6.92 Å². The van der Waals surface area contributed by atoms with Crippen LogP contribution in [0.15, 0.2) is 18.2 Å². The fourth-order valence-corrected chi connectivity index (χ4v) is 4.70. The van der Waals surface area contributed by atoms with E-state index in [4.69, 9.17) is 9.26 Å². The van der Waals surface area contributed by atoms with Gasteiger partial charge in [-0.1, -0.05) is 0 Å². The van der Waals surface area contributed by atoms with Gasteiger partial charge in [-0.25, -0.2) is 0 Å². The van der Waals surface area contributed by atoms with Crippen LogP contribution in [0, 0.1) is 0 Å². The van der Waals surface area contributed by atoms with Crippen LogP contribution < -0.4 is 0 Å². The molecule has 1 aliphatic rings. The highest BCUT2D eigenvalue weighted by atomic mass is 31.2. The van der Waals surface area contributed by atoms with Crippen molar-refractivity contribution in [1.29, 1.82) is 0 Å². The molecular weight excluding hydrogens is 413 g/mol. The van der Waals surface area contributed by atoms with Gasteiger partial charge in [-0.05, 0) is 19.1 Å². The highest BCUT2D eigenvalue weighted by Crippen LogP contribution is 2.60. The summed E-state index contributed by atoms with van der Waals surface area (Å²) in [6.07, 6.45) is -8.64. The van der Waals surface area contributed by atoms with E-state index in [2.05, 4.69) is 0 Å². The molecule has 7 N–H and O–H groups in total. The van der Waals surface area contributed by atoms with Gasteiger partial charge in [0.15, 0.2) is 12.0 Å². The summed E-state index contributed by atoms with van der Waals surface area (Å²) >= 11 is 0. The quantitative estimate of drug-likeness (QED) is 0.186. The number of hydrogen-bond acceptors (Lipinski definition) is 10. The molecule has 0 aromatic heterocycles. The molecule has 0 radical (unpaired) electrons. The molecule has 29 heavy (non-hydrogen) atoms. The van der Waals surface area contributed by atoms with Gasteiger partial charge in [0.2, 0.25) is 6.41 Å². The summed E-state index contributed by atoms with van der Waals surface area (Å²) in [5, 5.41) is 59.2. The maximum atomic E-state index is 12.9. The standard InChI is InChI=1S/C16H24NO11P/c1-2-27-29(25,26)16(9-4-3-8(20)5-10(9)21)17(7-19)15-14(24)13(23)12(22)11(6-18)28-15/h3-5,7,11-16,18,20-24H,2,6H2,1H3,(H,25,26)/t11-,12-,13+,14-,15?,16?/m1/s1. The monoisotopic (exact) mass is 437 g/mol. The summed E-state index contributed by atoms with van der Waals surface area (Å²) in [7, 11) is -4.74. The minimum Gasteiger partial charge on any atom is -0.508 e. The Labute approximate surface area is 165 Å². The number of nitrogens with zero attached hydrogens (tertiary/aromatic N) is 1. The number of rotatable bonds is 8. The maximum Gasteiger partial charge on any atom is 0.355 e. The Morgan fingerprint density at radius 1 is 1.24 bits per heavy atom. The van der Waals surface area contributed by atoms with Crippen molar-refractivity contribution in [2.75, 3.05) is 13.2 Å². The molecular formula is C16H24NO11P. The second-order valence-electron chi connectivity index (χ2n) is 6.37. The average molecular weight is 437 g/mol. The third-order valence-corrected chi connectivity index (χ3v) is 6.27. The second-order valence-corrected chi connectivity index (χ2v) is 8.25. The summed E-state index contributed by atoms with van der Waals surface area (Å²) in [5.41, 5.74) is -0.314. The number of hydrogen-bond donors (Lipinski definition) is 7. The van der Waals surface area contributed by atoms with Crippen molar-refractivity contribution >= 4 is 14.0 Å². The number of aliphatic hydroxyl groups is 4. The van der Waals surface area contributed by atoms with Gasteiger partial charge in [0.25, 0.3) is 0 Å². The molecule has 0 aliphatic carbocycles. The Kier molecular flexibility index (Phi) is 7.60.